The largest absolute Gasteiger partial charge is 0.482 e. The van der Waals surface area contributed by atoms with Gasteiger partial charge in [-0.25, -0.2) is 0 Å². The lowest BCUT2D eigenvalue weighted by Crippen LogP contribution is -2.42. The van der Waals surface area contributed by atoms with Crippen LogP contribution in [-0.2, 0) is 20.9 Å². The van der Waals surface area contributed by atoms with E-state index in [1.807, 2.05) is 12.1 Å². The van der Waals surface area contributed by atoms with Gasteiger partial charge in [-0.15, -0.1) is 0 Å². The summed E-state index contributed by atoms with van der Waals surface area (Å²) in [5.41, 5.74) is 1.53. The standard InChI is InChI=1S/C17H21N3O4/c1-11(21)20-6-4-13(5-7-20)17(23)18-9-12-2-3-15-14(8-12)19-16(22)10-24-15/h2-3,8,13H,4-7,9-10H2,1H3,(H,18,23)(H,19,22). The smallest absolute Gasteiger partial charge is 0.262 e. The normalized spacial score (nSPS) is 17.5. The summed E-state index contributed by atoms with van der Waals surface area (Å²) in [4.78, 5) is 36.7. The highest BCUT2D eigenvalue weighted by Crippen LogP contribution is 2.28. The number of rotatable bonds is 3. The first kappa shape index (κ1) is 16.3. The molecule has 128 valence electrons. The van der Waals surface area contributed by atoms with Crippen LogP contribution in [0.4, 0.5) is 5.69 Å². The average molecular weight is 331 g/mol. The highest BCUT2D eigenvalue weighted by atomic mass is 16.5. The molecule has 1 saturated heterocycles. The molecule has 3 rings (SSSR count). The van der Waals surface area contributed by atoms with Crippen molar-refractivity contribution >= 4 is 23.4 Å². The minimum atomic E-state index is -0.180. The molecule has 1 aromatic rings. The molecule has 0 aliphatic carbocycles. The minimum Gasteiger partial charge on any atom is -0.482 e. The fourth-order valence-electron chi connectivity index (χ4n) is 3.03. The predicted octanol–water partition coefficient (Wildman–Crippen LogP) is 0.892. The van der Waals surface area contributed by atoms with E-state index < -0.39 is 0 Å². The zero-order valence-corrected chi connectivity index (χ0v) is 13.6. The van der Waals surface area contributed by atoms with Crippen LogP contribution in [0.3, 0.4) is 0 Å². The van der Waals surface area contributed by atoms with Crippen molar-refractivity contribution in [3.8, 4) is 5.75 Å². The van der Waals surface area contributed by atoms with Crippen molar-refractivity contribution in [2.24, 2.45) is 5.92 Å². The number of amides is 3. The number of likely N-dealkylation sites (tertiary alicyclic amines) is 1. The first-order valence-corrected chi connectivity index (χ1v) is 8.12. The van der Waals surface area contributed by atoms with Crippen LogP contribution in [0.5, 0.6) is 5.75 Å². The summed E-state index contributed by atoms with van der Waals surface area (Å²) in [7, 11) is 0. The molecule has 0 bridgehead atoms. The third-order valence-electron chi connectivity index (χ3n) is 4.45. The summed E-state index contributed by atoms with van der Waals surface area (Å²) < 4.78 is 5.31. The fraction of sp³-hybridized carbons (Fsp3) is 0.471. The Morgan fingerprint density at radius 2 is 2.08 bits per heavy atom. The first-order valence-electron chi connectivity index (χ1n) is 8.12. The molecule has 7 nitrogen and oxygen atoms in total. The highest BCUT2D eigenvalue weighted by molar-refractivity contribution is 5.95. The van der Waals surface area contributed by atoms with E-state index in [-0.39, 0.29) is 30.2 Å². The van der Waals surface area contributed by atoms with E-state index in [0.717, 1.165) is 5.56 Å². The maximum atomic E-state index is 12.3. The van der Waals surface area contributed by atoms with E-state index in [9.17, 15) is 14.4 Å². The van der Waals surface area contributed by atoms with Crippen LogP contribution in [0.2, 0.25) is 0 Å². The van der Waals surface area contributed by atoms with Gasteiger partial charge in [0.25, 0.3) is 5.91 Å². The Kier molecular flexibility index (Phi) is 4.69. The van der Waals surface area contributed by atoms with E-state index in [4.69, 9.17) is 4.74 Å². The Morgan fingerprint density at radius 1 is 1.33 bits per heavy atom. The van der Waals surface area contributed by atoms with Crippen molar-refractivity contribution in [1.29, 1.82) is 0 Å². The van der Waals surface area contributed by atoms with Crippen molar-refractivity contribution in [1.82, 2.24) is 10.2 Å². The van der Waals surface area contributed by atoms with Crippen molar-refractivity contribution in [3.63, 3.8) is 0 Å². The lowest BCUT2D eigenvalue weighted by molar-refractivity contribution is -0.134. The summed E-state index contributed by atoms with van der Waals surface area (Å²) in [5, 5.41) is 5.69. The summed E-state index contributed by atoms with van der Waals surface area (Å²) in [6.07, 6.45) is 1.39. The van der Waals surface area contributed by atoms with Crippen molar-refractivity contribution in [2.75, 3.05) is 25.0 Å². The highest BCUT2D eigenvalue weighted by Gasteiger charge is 2.25. The summed E-state index contributed by atoms with van der Waals surface area (Å²) in [5.74, 6) is 0.479. The van der Waals surface area contributed by atoms with Crippen LogP contribution in [0, 0.1) is 5.92 Å². The number of fused-ring (bicyclic) bond motifs is 1. The van der Waals surface area contributed by atoms with Crippen LogP contribution < -0.4 is 15.4 Å². The summed E-state index contributed by atoms with van der Waals surface area (Å²) in [6, 6.07) is 5.47. The van der Waals surface area contributed by atoms with E-state index in [1.165, 1.54) is 0 Å². The molecule has 1 fully saturated rings. The minimum absolute atomic E-state index is 0.0104. The number of carbonyl (C=O) groups is 3. The van der Waals surface area contributed by atoms with Gasteiger partial charge in [0.15, 0.2) is 6.61 Å². The lowest BCUT2D eigenvalue weighted by Gasteiger charge is -2.30. The number of nitrogens with one attached hydrogen (secondary N) is 2. The molecule has 1 aromatic carbocycles. The van der Waals surface area contributed by atoms with Gasteiger partial charge in [-0.05, 0) is 30.5 Å². The molecular formula is C17H21N3O4. The Hall–Kier alpha value is -2.57. The van der Waals surface area contributed by atoms with Crippen molar-refractivity contribution in [2.45, 2.75) is 26.3 Å². The van der Waals surface area contributed by atoms with Crippen LogP contribution in [0.15, 0.2) is 18.2 Å². The van der Waals surface area contributed by atoms with Crippen LogP contribution in [0.1, 0.15) is 25.3 Å². The van der Waals surface area contributed by atoms with Crippen molar-refractivity contribution < 1.29 is 19.1 Å². The Labute approximate surface area is 140 Å². The van der Waals surface area contributed by atoms with Gasteiger partial charge >= 0.3 is 0 Å². The number of carbonyl (C=O) groups excluding carboxylic acids is 3. The molecule has 2 aliphatic heterocycles. The summed E-state index contributed by atoms with van der Waals surface area (Å²) >= 11 is 0. The number of hydrogen-bond donors (Lipinski definition) is 2. The molecule has 2 aliphatic rings. The molecule has 0 unspecified atom stereocenters. The SMILES string of the molecule is CC(=O)N1CCC(C(=O)NCc2ccc3c(c2)NC(=O)CO3)CC1. The molecule has 0 spiro atoms. The quantitative estimate of drug-likeness (QED) is 0.861. The van der Waals surface area contributed by atoms with E-state index in [1.54, 1.807) is 17.9 Å². The molecule has 0 atom stereocenters. The number of ether oxygens (including phenoxy) is 1. The number of piperidine rings is 1. The second-order valence-electron chi connectivity index (χ2n) is 6.17. The second kappa shape index (κ2) is 6.90. The zero-order chi connectivity index (χ0) is 17.1. The molecule has 2 N–H and O–H groups in total. The molecule has 24 heavy (non-hydrogen) atoms. The summed E-state index contributed by atoms with van der Waals surface area (Å²) in [6.45, 7) is 3.25. The number of benzene rings is 1. The lowest BCUT2D eigenvalue weighted by atomic mass is 9.96. The second-order valence-corrected chi connectivity index (χ2v) is 6.17. The number of anilines is 1. The molecule has 0 radical (unpaired) electrons. The Morgan fingerprint density at radius 3 is 2.79 bits per heavy atom. The molecule has 0 aromatic heterocycles. The maximum absolute atomic E-state index is 12.3. The third-order valence-corrected chi connectivity index (χ3v) is 4.45. The number of nitrogens with zero attached hydrogens (tertiary/aromatic N) is 1. The Balaban J connectivity index is 1.53. The monoisotopic (exact) mass is 331 g/mol. The van der Waals surface area contributed by atoms with Gasteiger partial charge in [-0.3, -0.25) is 14.4 Å². The van der Waals surface area contributed by atoms with E-state index >= 15 is 0 Å². The molecule has 0 saturated carbocycles. The number of hydrogen-bond acceptors (Lipinski definition) is 4. The van der Waals surface area contributed by atoms with Gasteiger partial charge in [-0.2, -0.15) is 0 Å². The van der Waals surface area contributed by atoms with Gasteiger partial charge in [0.1, 0.15) is 5.75 Å². The molecule has 7 heteroatoms. The van der Waals surface area contributed by atoms with Crippen molar-refractivity contribution in [3.05, 3.63) is 23.8 Å². The third kappa shape index (κ3) is 3.67. The van der Waals surface area contributed by atoms with Gasteiger partial charge in [0.05, 0.1) is 5.69 Å². The molecular weight excluding hydrogens is 310 g/mol. The van der Waals surface area contributed by atoms with Gasteiger partial charge < -0.3 is 20.3 Å². The maximum Gasteiger partial charge on any atom is 0.262 e. The fourth-order valence-corrected chi connectivity index (χ4v) is 3.03. The van der Waals surface area contributed by atoms with Gasteiger partial charge in [-0.1, -0.05) is 6.07 Å². The first-order chi connectivity index (χ1) is 11.5. The predicted molar refractivity (Wildman–Crippen MR) is 87.4 cm³/mol. The van der Waals surface area contributed by atoms with Crippen LogP contribution in [-0.4, -0.2) is 42.3 Å². The topological polar surface area (TPSA) is 87.7 Å². The average Bonchev–Trinajstić information content (AvgIpc) is 2.59. The van der Waals surface area contributed by atoms with Crippen LogP contribution >= 0.6 is 0 Å². The zero-order valence-electron chi connectivity index (χ0n) is 13.6. The molecule has 2 heterocycles. The van der Waals surface area contributed by atoms with E-state index in [2.05, 4.69) is 10.6 Å². The van der Waals surface area contributed by atoms with Gasteiger partial charge in [0, 0.05) is 32.5 Å². The molecule has 3 amide bonds. The van der Waals surface area contributed by atoms with Gasteiger partial charge in [0.2, 0.25) is 11.8 Å². The van der Waals surface area contributed by atoms with E-state index in [0.29, 0.717) is 43.9 Å². The Bertz CT molecular complexity index is 666. The van der Waals surface area contributed by atoms with Crippen LogP contribution in [0.25, 0.3) is 0 Å².